The number of anilines is 1. The molecule has 4 N–H and O–H groups in total. The molecule has 11 nitrogen and oxygen atoms in total. The second-order valence-corrected chi connectivity index (χ2v) is 10.6. The first kappa shape index (κ1) is 25.9. The smallest absolute Gasteiger partial charge is 0.435 e. The van der Waals surface area contributed by atoms with Crippen LogP contribution in [0.1, 0.15) is 36.8 Å². The van der Waals surface area contributed by atoms with Crippen molar-refractivity contribution < 1.29 is 28.2 Å². The number of hydrogen-bond donors (Lipinski definition) is 3. The van der Waals surface area contributed by atoms with Gasteiger partial charge in [-0.25, -0.2) is 14.0 Å². The molecule has 6 rings (SSSR count). The quantitative estimate of drug-likeness (QED) is 0.262. The maximum Gasteiger partial charge on any atom is 0.435 e. The fourth-order valence-corrected chi connectivity index (χ4v) is 5.09. The van der Waals surface area contributed by atoms with Crippen molar-refractivity contribution in [1.82, 2.24) is 19.3 Å². The number of nitrogen functional groups attached to an aromatic ring is 1. The number of carbonyl (C=O) groups is 2. The van der Waals surface area contributed by atoms with Gasteiger partial charge in [-0.15, -0.1) is 5.10 Å². The van der Waals surface area contributed by atoms with Gasteiger partial charge >= 0.3 is 12.1 Å². The molecule has 0 unspecified atom stereocenters. The maximum absolute atomic E-state index is 15.2. The molecule has 0 fully saturated rings. The highest BCUT2D eigenvalue weighted by Crippen LogP contribution is 2.40. The summed E-state index contributed by atoms with van der Waals surface area (Å²) in [5.74, 6) is -1.86. The Bertz CT molecular complexity index is 2090. The number of aromatic nitrogens is 4. The van der Waals surface area contributed by atoms with Crippen molar-refractivity contribution in [2.45, 2.75) is 32.9 Å². The molecule has 208 valence electrons. The molecule has 0 atom stereocenters. The van der Waals surface area contributed by atoms with E-state index in [0.717, 1.165) is 4.68 Å². The van der Waals surface area contributed by atoms with Crippen LogP contribution in [0.5, 0.6) is 0 Å². The third-order valence-corrected chi connectivity index (χ3v) is 6.69. The lowest BCUT2D eigenvalue weighted by molar-refractivity contribution is 0.0522. The lowest BCUT2D eigenvalue weighted by Crippen LogP contribution is -2.27. The van der Waals surface area contributed by atoms with E-state index in [-0.39, 0.29) is 45.7 Å². The Hall–Kier alpha value is -5.39. The molecule has 2 aromatic carbocycles. The summed E-state index contributed by atoms with van der Waals surface area (Å²) in [7, 11) is 0. The van der Waals surface area contributed by atoms with Crippen molar-refractivity contribution in [3.8, 4) is 11.1 Å². The summed E-state index contributed by atoms with van der Waals surface area (Å²) in [5.41, 5.74) is 6.17. The number of nitrogens with zero attached hydrogens (tertiary/aromatic N) is 3. The van der Waals surface area contributed by atoms with Gasteiger partial charge in [0.1, 0.15) is 22.7 Å². The SMILES string of the molecule is CC(C)(C)OC(=O)n1nc(N)c2cc(Cn3c(C(=O)O)c(-c4ccc[nH]c4=O)c4c5occc5c(F)cc43)ccc21. The maximum atomic E-state index is 15.2. The van der Waals surface area contributed by atoms with Crippen molar-refractivity contribution >= 4 is 50.7 Å². The lowest BCUT2D eigenvalue weighted by atomic mass is 10.0. The second kappa shape index (κ2) is 9.08. The Kier molecular flexibility index (Phi) is 5.73. The van der Waals surface area contributed by atoms with E-state index < -0.39 is 29.0 Å². The first-order valence-corrected chi connectivity index (χ1v) is 12.6. The zero-order valence-electron chi connectivity index (χ0n) is 22.2. The van der Waals surface area contributed by atoms with Gasteiger partial charge in [-0.3, -0.25) is 4.79 Å². The molecule has 0 radical (unpaired) electrons. The predicted octanol–water partition coefficient (Wildman–Crippen LogP) is 5.34. The summed E-state index contributed by atoms with van der Waals surface area (Å²) in [4.78, 5) is 40.9. The number of fused-ring (bicyclic) bond motifs is 4. The first-order valence-electron chi connectivity index (χ1n) is 12.6. The molecular weight excluding hydrogens is 533 g/mol. The highest BCUT2D eigenvalue weighted by molar-refractivity contribution is 6.17. The third kappa shape index (κ3) is 4.20. The largest absolute Gasteiger partial charge is 0.477 e. The minimum absolute atomic E-state index is 0.0402. The number of ether oxygens (including phenoxy) is 1. The first-order chi connectivity index (χ1) is 19.4. The van der Waals surface area contributed by atoms with Crippen LogP contribution in [-0.4, -0.2) is 42.1 Å². The van der Waals surface area contributed by atoms with Crippen molar-refractivity contribution in [1.29, 1.82) is 0 Å². The van der Waals surface area contributed by atoms with E-state index in [2.05, 4.69) is 10.1 Å². The molecule has 12 heteroatoms. The van der Waals surface area contributed by atoms with Crippen LogP contribution in [-0.2, 0) is 11.3 Å². The van der Waals surface area contributed by atoms with Gasteiger partial charge in [-0.2, -0.15) is 4.68 Å². The number of carboxylic acid groups (broad SMARTS) is 1. The summed E-state index contributed by atoms with van der Waals surface area (Å²) in [6, 6.07) is 10.7. The topological polar surface area (TPSA) is 158 Å². The molecule has 0 spiro atoms. The van der Waals surface area contributed by atoms with Crippen LogP contribution in [0.25, 0.3) is 43.9 Å². The van der Waals surface area contributed by atoms with E-state index in [9.17, 15) is 19.5 Å². The minimum atomic E-state index is -1.32. The van der Waals surface area contributed by atoms with E-state index in [1.54, 1.807) is 45.0 Å². The number of nitrogens with one attached hydrogen (secondary N) is 1. The average molecular weight is 558 g/mol. The number of furan rings is 1. The van der Waals surface area contributed by atoms with Crippen molar-refractivity contribution in [2.24, 2.45) is 0 Å². The fraction of sp³-hybridized carbons (Fsp3) is 0.172. The highest BCUT2D eigenvalue weighted by Gasteiger charge is 2.29. The van der Waals surface area contributed by atoms with Crippen LogP contribution in [0.3, 0.4) is 0 Å². The Balaban J connectivity index is 1.58. The number of carboxylic acids is 1. The second-order valence-electron chi connectivity index (χ2n) is 10.6. The number of aromatic carboxylic acids is 1. The molecular formula is C29H24FN5O6. The number of carbonyl (C=O) groups excluding carboxylic acids is 1. The summed E-state index contributed by atoms with van der Waals surface area (Å²) < 4.78 is 28.7. The van der Waals surface area contributed by atoms with E-state index in [1.165, 1.54) is 35.2 Å². The molecule has 4 heterocycles. The zero-order valence-corrected chi connectivity index (χ0v) is 22.2. The Morgan fingerprint density at radius 2 is 1.93 bits per heavy atom. The summed E-state index contributed by atoms with van der Waals surface area (Å²) in [5, 5.41) is 15.4. The standard InChI is InChI=1S/C29H24FN5O6/c1-29(2,3)41-28(39)35-19-7-6-14(11-17(19)25(31)33-35)13-34-20-12-18(30)15-8-10-40-24(15)22(20)21(23(34)27(37)38)16-5-4-9-32-26(16)36/h4-12H,13H2,1-3H3,(H2,31,33)(H,32,36)(H,37,38). The van der Waals surface area contributed by atoms with E-state index in [0.29, 0.717) is 21.9 Å². The van der Waals surface area contributed by atoms with Crippen molar-refractivity contribution in [2.75, 3.05) is 5.73 Å². The van der Waals surface area contributed by atoms with E-state index in [4.69, 9.17) is 14.9 Å². The van der Waals surface area contributed by atoms with Gasteiger partial charge < -0.3 is 29.5 Å². The molecule has 0 saturated heterocycles. The van der Waals surface area contributed by atoms with Gasteiger partial charge in [0, 0.05) is 23.7 Å². The molecule has 6 aromatic rings. The number of pyridine rings is 1. The Labute approximate surface area is 230 Å². The molecule has 4 aromatic heterocycles. The molecule has 0 amide bonds. The van der Waals surface area contributed by atoms with Crippen LogP contribution >= 0.6 is 0 Å². The minimum Gasteiger partial charge on any atom is -0.477 e. The van der Waals surface area contributed by atoms with Crippen molar-refractivity contribution in [3.05, 3.63) is 82.4 Å². The number of H-pyrrole nitrogens is 1. The number of rotatable bonds is 4. The number of halogens is 1. The fourth-order valence-electron chi connectivity index (χ4n) is 5.09. The van der Waals surface area contributed by atoms with E-state index >= 15 is 4.39 Å². The van der Waals surface area contributed by atoms with Gasteiger partial charge in [0.15, 0.2) is 5.82 Å². The molecule has 0 aliphatic heterocycles. The van der Waals surface area contributed by atoms with Gasteiger partial charge in [-0.1, -0.05) is 6.07 Å². The normalized spacial score (nSPS) is 12.0. The monoisotopic (exact) mass is 557 g/mol. The van der Waals surface area contributed by atoms with E-state index in [1.807, 2.05) is 0 Å². The van der Waals surface area contributed by atoms with Crippen LogP contribution in [0.2, 0.25) is 0 Å². The molecule has 0 saturated carbocycles. The number of benzene rings is 2. The van der Waals surface area contributed by atoms with Gasteiger partial charge in [0.05, 0.1) is 33.6 Å². The third-order valence-electron chi connectivity index (χ3n) is 6.69. The summed E-state index contributed by atoms with van der Waals surface area (Å²) in [6.07, 6.45) is 2.04. The Morgan fingerprint density at radius 3 is 2.63 bits per heavy atom. The van der Waals surface area contributed by atoms with Gasteiger partial charge in [-0.05, 0) is 62.7 Å². The molecule has 0 aliphatic carbocycles. The van der Waals surface area contributed by atoms with Gasteiger partial charge in [0.2, 0.25) is 0 Å². The summed E-state index contributed by atoms with van der Waals surface area (Å²) >= 11 is 0. The number of hydrogen-bond acceptors (Lipinski definition) is 7. The number of aromatic amines is 1. The summed E-state index contributed by atoms with van der Waals surface area (Å²) in [6.45, 7) is 5.16. The highest BCUT2D eigenvalue weighted by atomic mass is 19.1. The zero-order chi connectivity index (χ0) is 29.2. The Morgan fingerprint density at radius 1 is 1.15 bits per heavy atom. The van der Waals surface area contributed by atoms with Crippen LogP contribution in [0, 0.1) is 5.82 Å². The number of nitrogens with two attached hydrogens (primary N) is 1. The van der Waals surface area contributed by atoms with Crippen LogP contribution < -0.4 is 11.3 Å². The molecule has 41 heavy (non-hydrogen) atoms. The van der Waals surface area contributed by atoms with Crippen molar-refractivity contribution in [3.63, 3.8) is 0 Å². The van der Waals surface area contributed by atoms with Crippen LogP contribution in [0.4, 0.5) is 15.0 Å². The van der Waals surface area contributed by atoms with Crippen LogP contribution in [0.15, 0.2) is 64.1 Å². The average Bonchev–Trinajstić information content (AvgIpc) is 3.59. The molecule has 0 aliphatic rings. The predicted molar refractivity (Wildman–Crippen MR) is 150 cm³/mol. The lowest BCUT2D eigenvalue weighted by Gasteiger charge is -2.19. The van der Waals surface area contributed by atoms with Gasteiger partial charge in [0.25, 0.3) is 5.56 Å². The molecule has 0 bridgehead atoms.